The van der Waals surface area contributed by atoms with Crippen LogP contribution in [0.25, 0.3) is 10.8 Å². The number of carbonyl (C=O) groups excluding carboxylic acids is 2. The molecule has 0 atom stereocenters. The molecule has 1 N–H and O–H groups in total. The summed E-state index contributed by atoms with van der Waals surface area (Å²) < 4.78 is 9.70. The number of nitrogens with one attached hydrogen (secondary N) is 1. The van der Waals surface area contributed by atoms with Crippen molar-refractivity contribution in [3.8, 4) is 5.75 Å². The number of ether oxygens (including phenoxy) is 1. The van der Waals surface area contributed by atoms with Gasteiger partial charge in [0.25, 0.3) is 11.7 Å². The molecule has 0 spiro atoms. The van der Waals surface area contributed by atoms with Gasteiger partial charge in [-0.05, 0) is 37.3 Å². The van der Waals surface area contributed by atoms with E-state index in [-0.39, 0.29) is 5.56 Å². The first-order chi connectivity index (χ1) is 12.0. The number of methoxy groups -OCH3 is 1. The molecule has 0 aliphatic rings. The zero-order chi connectivity index (χ0) is 18.0. The first-order valence-electron chi connectivity index (χ1n) is 7.39. The number of aromatic nitrogens is 1. The largest absolute Gasteiger partial charge is 0.497 e. The molecule has 0 fully saturated rings. The number of hydrogen-bond acceptors (Lipinski definition) is 6. The van der Waals surface area contributed by atoms with Gasteiger partial charge in [-0.3, -0.25) is 9.59 Å². The molecule has 1 amide bonds. The summed E-state index contributed by atoms with van der Waals surface area (Å²) in [4.78, 5) is 36.1. The Morgan fingerprint density at radius 2 is 1.92 bits per heavy atom. The molecule has 3 aromatic rings. The third-order valence-corrected chi connectivity index (χ3v) is 3.69. The highest BCUT2D eigenvalue weighted by molar-refractivity contribution is 6.46. The van der Waals surface area contributed by atoms with Gasteiger partial charge in [-0.2, -0.15) is 0 Å². The highest BCUT2D eigenvalue weighted by atomic mass is 16.5. The molecule has 1 aromatic heterocycles. The van der Waals surface area contributed by atoms with E-state index >= 15 is 0 Å². The van der Waals surface area contributed by atoms with Gasteiger partial charge in [0.2, 0.25) is 0 Å². The lowest BCUT2D eigenvalue weighted by molar-refractivity contribution is -0.112. The third kappa shape index (κ3) is 3.25. The number of aryl methyl sites for hydroxylation is 1. The number of amides is 1. The van der Waals surface area contributed by atoms with E-state index in [4.69, 9.17) is 4.74 Å². The number of nitrogens with zero attached hydrogens (tertiary/aromatic N) is 1. The van der Waals surface area contributed by atoms with Crippen molar-refractivity contribution in [2.75, 3.05) is 12.4 Å². The van der Waals surface area contributed by atoms with Crippen LogP contribution in [-0.2, 0) is 4.79 Å². The van der Waals surface area contributed by atoms with Crippen molar-refractivity contribution in [2.24, 2.45) is 0 Å². The Labute approximate surface area is 142 Å². The van der Waals surface area contributed by atoms with E-state index in [9.17, 15) is 14.4 Å². The van der Waals surface area contributed by atoms with E-state index in [0.29, 0.717) is 27.9 Å². The third-order valence-electron chi connectivity index (χ3n) is 3.69. The van der Waals surface area contributed by atoms with E-state index in [0.717, 1.165) is 0 Å². The van der Waals surface area contributed by atoms with Crippen LogP contribution >= 0.6 is 0 Å². The zero-order valence-electron chi connectivity index (χ0n) is 13.5. The maximum Gasteiger partial charge on any atom is 0.366 e. The fourth-order valence-electron chi connectivity index (χ4n) is 2.39. The minimum Gasteiger partial charge on any atom is -0.497 e. The van der Waals surface area contributed by atoms with Crippen molar-refractivity contribution in [1.82, 2.24) is 5.16 Å². The zero-order valence-corrected chi connectivity index (χ0v) is 13.5. The summed E-state index contributed by atoms with van der Waals surface area (Å²) in [7, 11) is 1.48. The van der Waals surface area contributed by atoms with Gasteiger partial charge in [0.05, 0.1) is 18.2 Å². The number of benzene rings is 2. The normalized spacial score (nSPS) is 10.5. The van der Waals surface area contributed by atoms with Crippen LogP contribution in [0.5, 0.6) is 5.75 Å². The van der Waals surface area contributed by atoms with Crippen LogP contribution in [0.2, 0.25) is 0 Å². The summed E-state index contributed by atoms with van der Waals surface area (Å²) in [6.45, 7) is 1.68. The molecule has 3 rings (SSSR count). The smallest absolute Gasteiger partial charge is 0.366 e. The Morgan fingerprint density at radius 1 is 1.12 bits per heavy atom. The second-order valence-electron chi connectivity index (χ2n) is 5.33. The van der Waals surface area contributed by atoms with Crippen LogP contribution in [0.1, 0.15) is 16.1 Å². The number of anilines is 1. The highest BCUT2D eigenvalue weighted by Gasteiger charge is 2.17. The molecule has 1 heterocycles. The lowest BCUT2D eigenvalue weighted by Crippen LogP contribution is -2.23. The molecule has 25 heavy (non-hydrogen) atoms. The van der Waals surface area contributed by atoms with Crippen LogP contribution < -0.4 is 15.7 Å². The fraction of sp³-hybridized carbons (Fsp3) is 0.111. The van der Waals surface area contributed by atoms with Crippen molar-refractivity contribution in [1.29, 1.82) is 0 Å². The van der Waals surface area contributed by atoms with E-state index in [1.165, 1.54) is 31.4 Å². The maximum atomic E-state index is 12.3. The monoisotopic (exact) mass is 338 g/mol. The molecule has 0 bridgehead atoms. The second-order valence-corrected chi connectivity index (χ2v) is 5.33. The Hall–Kier alpha value is -3.48. The van der Waals surface area contributed by atoms with Crippen LogP contribution in [-0.4, -0.2) is 24.0 Å². The summed E-state index contributed by atoms with van der Waals surface area (Å²) in [5.41, 5.74) is 0.538. The van der Waals surface area contributed by atoms with E-state index < -0.39 is 17.3 Å². The van der Waals surface area contributed by atoms with E-state index in [1.807, 2.05) is 0 Å². The van der Waals surface area contributed by atoms with Crippen molar-refractivity contribution < 1.29 is 18.8 Å². The molecule has 126 valence electrons. The Balaban J connectivity index is 1.87. The molecule has 0 aliphatic heterocycles. The molecular formula is C18H14N2O5. The number of fused-ring (bicyclic) bond motifs is 1. The number of rotatable bonds is 4. The van der Waals surface area contributed by atoms with Gasteiger partial charge < -0.3 is 14.6 Å². The van der Waals surface area contributed by atoms with Crippen LogP contribution in [0.15, 0.2) is 51.8 Å². The molecule has 0 unspecified atom stereocenters. The van der Waals surface area contributed by atoms with Gasteiger partial charge in [-0.15, -0.1) is 0 Å². The van der Waals surface area contributed by atoms with Crippen molar-refractivity contribution in [2.45, 2.75) is 6.92 Å². The summed E-state index contributed by atoms with van der Waals surface area (Å²) in [6.07, 6.45) is 0. The van der Waals surface area contributed by atoms with Crippen molar-refractivity contribution in [3.63, 3.8) is 0 Å². The molecule has 0 saturated heterocycles. The first kappa shape index (κ1) is 16.4. The minimum absolute atomic E-state index is 0.219. The lowest BCUT2D eigenvalue weighted by atomic mass is 10.1. The van der Waals surface area contributed by atoms with E-state index in [1.54, 1.807) is 25.1 Å². The summed E-state index contributed by atoms with van der Waals surface area (Å²) >= 11 is 0. The molecule has 0 radical (unpaired) electrons. The minimum atomic E-state index is -0.791. The molecule has 7 nitrogen and oxygen atoms in total. The predicted octanol–water partition coefficient (Wildman–Crippen LogP) is 2.33. The molecular weight excluding hydrogens is 324 g/mol. The van der Waals surface area contributed by atoms with E-state index in [2.05, 4.69) is 15.0 Å². The van der Waals surface area contributed by atoms with Crippen molar-refractivity contribution in [3.05, 3.63) is 64.1 Å². The van der Waals surface area contributed by atoms with Crippen molar-refractivity contribution >= 4 is 28.2 Å². The number of Topliss-reactive ketones (excluding diaryl/α,β-unsaturated/α-hetero) is 1. The molecule has 7 heteroatoms. The number of carbonyl (C=O) groups is 2. The predicted molar refractivity (Wildman–Crippen MR) is 91.0 cm³/mol. The highest BCUT2D eigenvalue weighted by Crippen LogP contribution is 2.19. The Morgan fingerprint density at radius 3 is 2.68 bits per heavy atom. The summed E-state index contributed by atoms with van der Waals surface area (Å²) in [5, 5.41) is 7.07. The maximum absolute atomic E-state index is 12.3. The molecule has 0 saturated carbocycles. The average molecular weight is 338 g/mol. The summed E-state index contributed by atoms with van der Waals surface area (Å²) in [6, 6.07) is 10.9. The molecule has 2 aromatic carbocycles. The quantitative estimate of drug-likeness (QED) is 0.579. The second kappa shape index (κ2) is 6.56. The first-order valence-corrected chi connectivity index (χ1v) is 7.39. The van der Waals surface area contributed by atoms with Gasteiger partial charge in [-0.25, -0.2) is 4.79 Å². The average Bonchev–Trinajstić information content (AvgIpc) is 2.64. The summed E-state index contributed by atoms with van der Waals surface area (Å²) in [5.74, 6) is -1.000. The van der Waals surface area contributed by atoms with Gasteiger partial charge in [0.1, 0.15) is 5.75 Å². The Bertz CT molecular complexity index is 1040. The Kier molecular flexibility index (Phi) is 4.30. The number of ketones is 1. The molecule has 0 aliphatic carbocycles. The fourth-order valence-corrected chi connectivity index (χ4v) is 2.39. The SMILES string of the molecule is COc1cccc(C(=O)C(=O)Nc2ccc3c(=O)onc(C)c3c2)c1. The van der Waals surface area contributed by atoms with Gasteiger partial charge in [0.15, 0.2) is 0 Å². The van der Waals surface area contributed by atoms with Gasteiger partial charge in [0, 0.05) is 16.6 Å². The van der Waals surface area contributed by atoms with Gasteiger partial charge >= 0.3 is 5.63 Å². The standard InChI is InChI=1S/C18H14N2O5/c1-10-15-9-12(6-7-14(15)18(23)25-20-10)19-17(22)16(21)11-4-3-5-13(8-11)24-2/h3-9H,1-2H3,(H,19,22). The van der Waals surface area contributed by atoms with Gasteiger partial charge in [-0.1, -0.05) is 17.3 Å². The van der Waals surface area contributed by atoms with Crippen LogP contribution in [0.3, 0.4) is 0 Å². The van der Waals surface area contributed by atoms with Crippen LogP contribution in [0.4, 0.5) is 5.69 Å². The number of hydrogen-bond donors (Lipinski definition) is 1. The lowest BCUT2D eigenvalue weighted by Gasteiger charge is -2.07. The van der Waals surface area contributed by atoms with Crippen LogP contribution in [0, 0.1) is 6.92 Å². The topological polar surface area (TPSA) is 98.5 Å².